The van der Waals surface area contributed by atoms with Crippen LogP contribution in [0, 0.1) is 0 Å². The number of aliphatic hydroxyl groups excluding tert-OH is 1. The zero-order chi connectivity index (χ0) is 24.8. The van der Waals surface area contributed by atoms with E-state index < -0.39 is 17.7 Å². The summed E-state index contributed by atoms with van der Waals surface area (Å²) in [5, 5.41) is 11.2. The Labute approximate surface area is 202 Å². The molecule has 2 aromatic rings. The number of likely N-dealkylation sites (tertiary alicyclic amines) is 1. The average Bonchev–Trinajstić information content (AvgIpc) is 3.07. The van der Waals surface area contributed by atoms with Gasteiger partial charge >= 0.3 is 0 Å². The fourth-order valence-corrected chi connectivity index (χ4v) is 4.10. The lowest BCUT2D eigenvalue weighted by molar-refractivity contribution is -0.139. The molecule has 2 aromatic carbocycles. The second kappa shape index (κ2) is 11.2. The molecular formula is C28H34N2O4. The van der Waals surface area contributed by atoms with Gasteiger partial charge in [-0.15, -0.1) is 0 Å². The minimum atomic E-state index is -0.660. The maximum atomic E-state index is 13.1. The van der Waals surface area contributed by atoms with Crippen molar-refractivity contribution in [3.63, 3.8) is 0 Å². The van der Waals surface area contributed by atoms with E-state index in [4.69, 9.17) is 4.74 Å². The molecule has 1 fully saturated rings. The predicted octanol–water partition coefficient (Wildman–Crippen LogP) is 4.75. The summed E-state index contributed by atoms with van der Waals surface area (Å²) in [5.74, 6) is -0.429. The molecule has 0 bridgehead atoms. The maximum absolute atomic E-state index is 13.1. The van der Waals surface area contributed by atoms with Gasteiger partial charge in [0, 0.05) is 12.1 Å². The van der Waals surface area contributed by atoms with Gasteiger partial charge in [0.2, 0.25) is 0 Å². The fourth-order valence-electron chi connectivity index (χ4n) is 4.10. The molecule has 0 saturated carbocycles. The van der Waals surface area contributed by atoms with E-state index in [2.05, 4.69) is 20.4 Å². The lowest BCUT2D eigenvalue weighted by Crippen LogP contribution is -2.32. The van der Waals surface area contributed by atoms with Gasteiger partial charge < -0.3 is 19.6 Å². The van der Waals surface area contributed by atoms with Crippen LogP contribution in [0.25, 0.3) is 5.76 Å². The normalized spacial score (nSPS) is 17.6. The molecule has 1 aliphatic heterocycles. The van der Waals surface area contributed by atoms with Gasteiger partial charge in [-0.2, -0.15) is 0 Å². The Hall–Kier alpha value is -3.38. The van der Waals surface area contributed by atoms with Crippen molar-refractivity contribution in [1.29, 1.82) is 0 Å². The summed E-state index contributed by atoms with van der Waals surface area (Å²) < 4.78 is 5.51. The molecule has 1 N–H and O–H groups in total. The van der Waals surface area contributed by atoms with Crippen LogP contribution in [-0.2, 0) is 9.59 Å². The van der Waals surface area contributed by atoms with Crippen LogP contribution in [0.3, 0.4) is 0 Å². The Balaban J connectivity index is 2.03. The highest BCUT2D eigenvalue weighted by Gasteiger charge is 2.45. The van der Waals surface area contributed by atoms with Gasteiger partial charge in [0.1, 0.15) is 18.1 Å². The first-order valence-electron chi connectivity index (χ1n) is 11.6. The molecule has 0 aromatic heterocycles. The van der Waals surface area contributed by atoms with E-state index in [-0.39, 0.29) is 11.3 Å². The third-order valence-corrected chi connectivity index (χ3v) is 5.96. The molecule has 1 atom stereocenters. The van der Waals surface area contributed by atoms with Crippen LogP contribution in [0.15, 0.2) is 66.8 Å². The van der Waals surface area contributed by atoms with Crippen LogP contribution < -0.4 is 4.74 Å². The molecule has 6 nitrogen and oxygen atoms in total. The Morgan fingerprint density at radius 3 is 2.32 bits per heavy atom. The van der Waals surface area contributed by atoms with Crippen LogP contribution in [0.4, 0.5) is 0 Å². The maximum Gasteiger partial charge on any atom is 0.295 e. The number of ketones is 1. The molecule has 0 spiro atoms. The molecule has 180 valence electrons. The molecular weight excluding hydrogens is 428 g/mol. The third-order valence-electron chi connectivity index (χ3n) is 5.96. The highest BCUT2D eigenvalue weighted by molar-refractivity contribution is 6.46. The zero-order valence-corrected chi connectivity index (χ0v) is 20.5. The van der Waals surface area contributed by atoms with Crippen molar-refractivity contribution in [2.45, 2.75) is 32.2 Å². The molecule has 1 aliphatic rings. The van der Waals surface area contributed by atoms with Gasteiger partial charge in [0.15, 0.2) is 0 Å². The van der Waals surface area contributed by atoms with E-state index in [0.29, 0.717) is 30.4 Å². The smallest absolute Gasteiger partial charge is 0.295 e. The first-order valence-corrected chi connectivity index (χ1v) is 11.6. The van der Waals surface area contributed by atoms with Crippen LogP contribution in [0.1, 0.15) is 48.9 Å². The van der Waals surface area contributed by atoms with Crippen molar-refractivity contribution < 1.29 is 19.4 Å². The Kier molecular flexibility index (Phi) is 8.29. The first-order chi connectivity index (χ1) is 16.2. The van der Waals surface area contributed by atoms with Crippen molar-refractivity contribution in [3.8, 4) is 5.75 Å². The minimum absolute atomic E-state index is 0.118. The van der Waals surface area contributed by atoms with Crippen molar-refractivity contribution >= 4 is 17.4 Å². The summed E-state index contributed by atoms with van der Waals surface area (Å²) >= 11 is 0. The molecule has 0 aliphatic carbocycles. The van der Waals surface area contributed by atoms with Gasteiger partial charge in [0.25, 0.3) is 11.7 Å². The summed E-state index contributed by atoms with van der Waals surface area (Å²) in [4.78, 5) is 29.8. The number of nitrogens with zero attached hydrogens (tertiary/aromatic N) is 2. The summed E-state index contributed by atoms with van der Waals surface area (Å²) in [7, 11) is 3.94. The average molecular weight is 463 g/mol. The standard InChI is InChI=1S/C28H34N2O4/c1-6-18-34-23-14-12-22(13-15-23)26(31)24-25(21-10-8-20(9-11-21)19(2)3)30(28(33)27(24)32)17-7-16-29(4)5/h6,8-15,19,25,31H,1,7,16-18H2,2-5H3/t25-/m0/s1. The number of amides is 1. The molecule has 1 amide bonds. The van der Waals surface area contributed by atoms with E-state index in [1.807, 2.05) is 43.3 Å². The van der Waals surface area contributed by atoms with Crippen LogP contribution in [-0.4, -0.2) is 60.4 Å². The van der Waals surface area contributed by atoms with Gasteiger partial charge in [-0.3, -0.25) is 9.59 Å². The SMILES string of the molecule is C=CCOc1ccc(C(O)=C2C(=O)C(=O)N(CCCN(C)C)[C@H]2c2ccc(C(C)C)cc2)cc1. The van der Waals surface area contributed by atoms with Crippen molar-refractivity contribution in [1.82, 2.24) is 9.80 Å². The molecule has 0 unspecified atom stereocenters. The lowest BCUT2D eigenvalue weighted by Gasteiger charge is -2.26. The predicted molar refractivity (Wildman–Crippen MR) is 135 cm³/mol. The summed E-state index contributed by atoms with van der Waals surface area (Å²) in [6, 6.07) is 14.1. The number of carbonyl (C=O) groups is 2. The van der Waals surface area contributed by atoms with Gasteiger partial charge in [-0.05, 0) is 68.4 Å². The molecule has 0 radical (unpaired) electrons. The molecule has 34 heavy (non-hydrogen) atoms. The number of hydrogen-bond donors (Lipinski definition) is 1. The van der Waals surface area contributed by atoms with E-state index in [1.54, 1.807) is 35.2 Å². The highest BCUT2D eigenvalue weighted by atomic mass is 16.5. The largest absolute Gasteiger partial charge is 0.507 e. The monoisotopic (exact) mass is 462 g/mol. The number of hydrogen-bond acceptors (Lipinski definition) is 5. The number of Topliss-reactive ketones (excluding diaryl/α,β-unsaturated/α-hetero) is 1. The Morgan fingerprint density at radius 1 is 1.12 bits per heavy atom. The van der Waals surface area contributed by atoms with Gasteiger partial charge in [-0.25, -0.2) is 0 Å². The zero-order valence-electron chi connectivity index (χ0n) is 20.5. The topological polar surface area (TPSA) is 70.1 Å². The second-order valence-electron chi connectivity index (χ2n) is 9.09. The van der Waals surface area contributed by atoms with Crippen LogP contribution in [0.2, 0.25) is 0 Å². The lowest BCUT2D eigenvalue weighted by atomic mass is 9.93. The van der Waals surface area contributed by atoms with E-state index >= 15 is 0 Å². The van der Waals surface area contributed by atoms with Gasteiger partial charge in [-0.1, -0.05) is 50.8 Å². The summed E-state index contributed by atoms with van der Waals surface area (Å²) in [5.41, 5.74) is 2.55. The fraction of sp³-hybridized carbons (Fsp3) is 0.357. The van der Waals surface area contributed by atoms with Crippen LogP contribution >= 0.6 is 0 Å². The van der Waals surface area contributed by atoms with Crippen molar-refractivity contribution in [3.05, 3.63) is 83.4 Å². The Morgan fingerprint density at radius 2 is 1.76 bits per heavy atom. The van der Waals surface area contributed by atoms with E-state index in [0.717, 1.165) is 18.5 Å². The van der Waals surface area contributed by atoms with E-state index in [9.17, 15) is 14.7 Å². The molecule has 3 rings (SSSR count). The third kappa shape index (κ3) is 5.57. The summed E-state index contributed by atoms with van der Waals surface area (Å²) in [6.45, 7) is 9.44. The second-order valence-corrected chi connectivity index (χ2v) is 9.09. The van der Waals surface area contributed by atoms with Gasteiger partial charge in [0.05, 0.1) is 11.6 Å². The highest BCUT2D eigenvalue weighted by Crippen LogP contribution is 2.40. The quantitative estimate of drug-likeness (QED) is 0.239. The number of ether oxygens (including phenoxy) is 1. The van der Waals surface area contributed by atoms with Crippen molar-refractivity contribution in [2.75, 3.05) is 33.8 Å². The summed E-state index contributed by atoms with van der Waals surface area (Å²) in [6.07, 6.45) is 2.37. The van der Waals surface area contributed by atoms with E-state index in [1.165, 1.54) is 5.56 Å². The molecule has 1 saturated heterocycles. The first kappa shape index (κ1) is 25.2. The van der Waals surface area contributed by atoms with Crippen LogP contribution in [0.5, 0.6) is 5.75 Å². The minimum Gasteiger partial charge on any atom is -0.507 e. The number of aliphatic hydroxyl groups is 1. The van der Waals surface area contributed by atoms with Crippen molar-refractivity contribution in [2.24, 2.45) is 0 Å². The molecule has 1 heterocycles. The molecule has 6 heteroatoms. The number of carbonyl (C=O) groups excluding carboxylic acids is 2. The number of rotatable bonds is 10. The Bertz CT molecular complexity index is 1050. The number of benzene rings is 2.